The lowest BCUT2D eigenvalue weighted by molar-refractivity contribution is -0.731. The number of carbonyl (C=O) groups is 1. The van der Waals surface area contributed by atoms with E-state index in [0.717, 1.165) is 30.6 Å². The molecular formula is C24H22N3O+. The molecule has 1 amide bonds. The molecule has 1 fully saturated rings. The fourth-order valence-corrected chi connectivity index (χ4v) is 5.45. The van der Waals surface area contributed by atoms with Gasteiger partial charge in [-0.2, -0.15) is 4.57 Å². The number of rotatable bonds is 2. The quantitative estimate of drug-likeness (QED) is 0.650. The van der Waals surface area contributed by atoms with E-state index in [0.29, 0.717) is 12.3 Å². The highest BCUT2D eigenvalue weighted by Gasteiger charge is 2.52. The van der Waals surface area contributed by atoms with Gasteiger partial charge in [0.1, 0.15) is 5.69 Å². The number of carbonyl (C=O) groups excluding carboxylic acids is 1. The summed E-state index contributed by atoms with van der Waals surface area (Å²) in [7, 11) is 0. The van der Waals surface area contributed by atoms with Gasteiger partial charge in [0.05, 0.1) is 18.2 Å². The zero-order valence-electron chi connectivity index (χ0n) is 15.7. The third-order valence-corrected chi connectivity index (χ3v) is 6.67. The molecule has 7 rings (SSSR count). The molecule has 0 saturated carbocycles. The average molecular weight is 368 g/mol. The minimum absolute atomic E-state index is 0.209. The van der Waals surface area contributed by atoms with Gasteiger partial charge >= 0.3 is 0 Å². The van der Waals surface area contributed by atoms with Crippen LogP contribution in [0.2, 0.25) is 0 Å². The number of aromatic nitrogens is 2. The highest BCUT2D eigenvalue weighted by atomic mass is 16.2. The molecule has 3 atom stereocenters. The molecule has 2 bridgehead atoms. The number of hydrogen-bond acceptors (Lipinski definition) is 2. The van der Waals surface area contributed by atoms with E-state index in [1.165, 1.54) is 16.8 Å². The maximum absolute atomic E-state index is 12.5. The van der Waals surface area contributed by atoms with E-state index in [4.69, 9.17) is 4.98 Å². The average Bonchev–Trinajstić information content (AvgIpc) is 3.20. The second-order valence-electron chi connectivity index (χ2n) is 8.09. The van der Waals surface area contributed by atoms with E-state index in [2.05, 4.69) is 64.2 Å². The number of fused-ring (bicyclic) bond motifs is 1. The molecule has 0 radical (unpaired) electrons. The van der Waals surface area contributed by atoms with Crippen molar-refractivity contribution in [3.8, 4) is 11.3 Å². The lowest BCUT2D eigenvalue weighted by Crippen LogP contribution is -2.60. The van der Waals surface area contributed by atoms with Crippen LogP contribution in [0.3, 0.4) is 0 Å². The Balaban J connectivity index is 1.51. The van der Waals surface area contributed by atoms with Gasteiger partial charge in [-0.1, -0.05) is 54.6 Å². The number of amides is 1. The SMILES string of the molecule is O=C1CCCN1C1CC2c3ccccc3C1c1cnc(-c3ccccc3)c[n+]12. The minimum Gasteiger partial charge on any atom is -0.338 e. The van der Waals surface area contributed by atoms with Crippen LogP contribution >= 0.6 is 0 Å². The second kappa shape index (κ2) is 5.99. The summed E-state index contributed by atoms with van der Waals surface area (Å²) in [5.41, 5.74) is 6.15. The molecule has 1 aromatic heterocycles. The Morgan fingerprint density at radius 3 is 2.57 bits per heavy atom. The molecular weight excluding hydrogens is 346 g/mol. The third kappa shape index (κ3) is 2.21. The van der Waals surface area contributed by atoms with E-state index in [1.54, 1.807) is 0 Å². The van der Waals surface area contributed by atoms with Gasteiger partial charge in [-0.05, 0) is 12.0 Å². The molecule has 4 heterocycles. The molecule has 3 aromatic rings. The predicted molar refractivity (Wildman–Crippen MR) is 106 cm³/mol. The van der Waals surface area contributed by atoms with Crippen molar-refractivity contribution in [2.24, 2.45) is 0 Å². The number of hydrogen-bond donors (Lipinski definition) is 0. The van der Waals surface area contributed by atoms with E-state index in [-0.39, 0.29) is 18.0 Å². The topological polar surface area (TPSA) is 37.1 Å². The first-order chi connectivity index (χ1) is 13.8. The fraction of sp³-hybridized carbons (Fsp3) is 0.292. The number of nitrogens with zero attached hydrogens (tertiary/aromatic N) is 3. The zero-order valence-corrected chi connectivity index (χ0v) is 15.7. The van der Waals surface area contributed by atoms with Crippen LogP contribution in [0.15, 0.2) is 67.0 Å². The van der Waals surface area contributed by atoms with Crippen molar-refractivity contribution in [2.75, 3.05) is 6.54 Å². The van der Waals surface area contributed by atoms with Crippen molar-refractivity contribution >= 4 is 5.91 Å². The van der Waals surface area contributed by atoms with E-state index < -0.39 is 0 Å². The van der Waals surface area contributed by atoms with E-state index in [9.17, 15) is 4.79 Å². The smallest absolute Gasteiger partial charge is 0.222 e. The van der Waals surface area contributed by atoms with E-state index >= 15 is 0 Å². The summed E-state index contributed by atoms with van der Waals surface area (Å²) in [5.74, 6) is 0.524. The first-order valence-corrected chi connectivity index (χ1v) is 10.2. The monoisotopic (exact) mass is 368 g/mol. The maximum atomic E-state index is 12.5. The van der Waals surface area contributed by atoms with Crippen LogP contribution < -0.4 is 4.57 Å². The Labute approximate surface area is 164 Å². The van der Waals surface area contributed by atoms with Crippen molar-refractivity contribution in [3.05, 3.63) is 83.8 Å². The molecule has 138 valence electrons. The van der Waals surface area contributed by atoms with Crippen molar-refractivity contribution in [2.45, 2.75) is 37.3 Å². The van der Waals surface area contributed by atoms with Gasteiger partial charge in [-0.3, -0.25) is 4.79 Å². The number of likely N-dealkylation sites (tertiary alicyclic amines) is 1. The van der Waals surface area contributed by atoms with Crippen molar-refractivity contribution in [1.29, 1.82) is 0 Å². The molecule has 28 heavy (non-hydrogen) atoms. The normalized spacial score (nSPS) is 24.9. The van der Waals surface area contributed by atoms with E-state index in [1.807, 2.05) is 12.3 Å². The van der Waals surface area contributed by atoms with Gasteiger partial charge in [-0.15, -0.1) is 0 Å². The summed E-state index contributed by atoms with van der Waals surface area (Å²) >= 11 is 0. The largest absolute Gasteiger partial charge is 0.338 e. The first kappa shape index (κ1) is 16.0. The van der Waals surface area contributed by atoms with Crippen molar-refractivity contribution in [3.63, 3.8) is 0 Å². The predicted octanol–water partition coefficient (Wildman–Crippen LogP) is 3.47. The molecule has 3 aliphatic heterocycles. The molecule has 1 aliphatic carbocycles. The van der Waals surface area contributed by atoms with Crippen LogP contribution in [0.5, 0.6) is 0 Å². The van der Waals surface area contributed by atoms with Crippen LogP contribution in [0, 0.1) is 0 Å². The lowest BCUT2D eigenvalue weighted by Gasteiger charge is -2.43. The van der Waals surface area contributed by atoms with Gasteiger partial charge in [-0.25, -0.2) is 4.98 Å². The Bertz CT molecular complexity index is 1080. The van der Waals surface area contributed by atoms with Gasteiger partial charge in [0.25, 0.3) is 0 Å². The first-order valence-electron chi connectivity index (χ1n) is 10.2. The fourth-order valence-electron chi connectivity index (χ4n) is 5.45. The van der Waals surface area contributed by atoms with Gasteiger partial charge in [0.15, 0.2) is 12.2 Å². The highest BCUT2D eigenvalue weighted by molar-refractivity contribution is 5.78. The molecule has 1 saturated heterocycles. The molecule has 0 N–H and O–H groups in total. The van der Waals surface area contributed by atoms with Gasteiger partial charge in [0, 0.05) is 30.5 Å². The summed E-state index contributed by atoms with van der Waals surface area (Å²) < 4.78 is 2.42. The maximum Gasteiger partial charge on any atom is 0.222 e. The van der Waals surface area contributed by atoms with Crippen LogP contribution in [0.4, 0.5) is 0 Å². The standard InChI is InChI=1S/C24H22N3O/c28-23-11-6-12-26(23)21-13-20-17-9-4-5-10-18(17)24(21)22-14-25-19(15-27(20)22)16-7-2-1-3-8-16/h1-5,7-10,14-15,20-21,24H,6,11-13H2/q+1. The highest BCUT2D eigenvalue weighted by Crippen LogP contribution is 2.47. The summed E-state index contributed by atoms with van der Waals surface area (Å²) in [6.45, 7) is 0.893. The van der Waals surface area contributed by atoms with Crippen LogP contribution in [0.25, 0.3) is 11.3 Å². The minimum atomic E-state index is 0.209. The second-order valence-corrected chi connectivity index (χ2v) is 8.09. The molecule has 4 aliphatic rings. The summed E-state index contributed by atoms with van der Waals surface area (Å²) in [6.07, 6.45) is 6.92. The molecule has 0 spiro atoms. The van der Waals surface area contributed by atoms with Crippen LogP contribution in [0.1, 0.15) is 48.0 Å². The molecule has 2 aromatic carbocycles. The molecule has 4 heteroatoms. The molecule has 3 unspecified atom stereocenters. The Morgan fingerprint density at radius 2 is 1.79 bits per heavy atom. The number of benzene rings is 2. The Hall–Kier alpha value is -3.01. The van der Waals surface area contributed by atoms with Gasteiger partial charge in [0.2, 0.25) is 11.6 Å². The zero-order chi connectivity index (χ0) is 18.7. The lowest BCUT2D eigenvalue weighted by atomic mass is 9.71. The van der Waals surface area contributed by atoms with Crippen molar-refractivity contribution < 1.29 is 9.36 Å². The van der Waals surface area contributed by atoms with Gasteiger partial charge < -0.3 is 4.90 Å². The Kier molecular flexibility index (Phi) is 3.42. The van der Waals surface area contributed by atoms with Crippen LogP contribution in [-0.4, -0.2) is 28.4 Å². The van der Waals surface area contributed by atoms with Crippen LogP contribution in [-0.2, 0) is 4.79 Å². The third-order valence-electron chi connectivity index (χ3n) is 6.67. The summed E-state index contributed by atoms with van der Waals surface area (Å²) in [4.78, 5) is 19.5. The molecule has 4 nitrogen and oxygen atoms in total. The summed E-state index contributed by atoms with van der Waals surface area (Å²) in [6, 6.07) is 19.6. The van der Waals surface area contributed by atoms with Crippen molar-refractivity contribution in [1.82, 2.24) is 9.88 Å². The Morgan fingerprint density at radius 1 is 1.00 bits per heavy atom. The summed E-state index contributed by atoms with van der Waals surface area (Å²) in [5, 5.41) is 0.